The van der Waals surface area contributed by atoms with Gasteiger partial charge < -0.3 is 0 Å². The van der Waals surface area contributed by atoms with E-state index in [2.05, 4.69) is 0 Å². The average Bonchev–Trinajstić information content (AvgIpc) is 2.02. The molecule has 68 valence electrons. The van der Waals surface area contributed by atoms with Crippen LogP contribution in [0, 0.1) is 11.8 Å². The Morgan fingerprint density at radius 2 is 1.38 bits per heavy atom. The highest BCUT2D eigenvalue weighted by Crippen LogP contribution is 2.35. The lowest BCUT2D eigenvalue weighted by Gasteiger charge is -2.30. The molecule has 0 heterocycles. The van der Waals surface area contributed by atoms with E-state index < -0.39 is 0 Å². The van der Waals surface area contributed by atoms with Crippen LogP contribution in [0.5, 0.6) is 0 Å². The van der Waals surface area contributed by atoms with E-state index in [1.165, 1.54) is 0 Å². The number of carbonyl (C=O) groups is 2. The third kappa shape index (κ3) is 1.17. The van der Waals surface area contributed by atoms with Crippen molar-refractivity contribution in [3.63, 3.8) is 0 Å². The Balaban J connectivity index is 2.47. The molecule has 2 aliphatic carbocycles. The zero-order chi connectivity index (χ0) is 9.59. The van der Waals surface area contributed by atoms with Crippen molar-refractivity contribution in [2.75, 3.05) is 0 Å². The van der Waals surface area contributed by atoms with E-state index >= 15 is 0 Å². The monoisotopic (exact) mass is 176 g/mol. The molecule has 2 rings (SSSR count). The lowest BCUT2D eigenvalue weighted by Crippen LogP contribution is -2.32. The predicted molar refractivity (Wildman–Crippen MR) is 49.1 cm³/mol. The standard InChI is InChI=1S/C11H12O2/c1-6-3-10(12)9-5-8(6)11(13)4-7(9)2/h3-4,8-9H,5H2,1-2H3. The van der Waals surface area contributed by atoms with E-state index in [4.69, 9.17) is 0 Å². The molecule has 0 N–H and O–H groups in total. The van der Waals surface area contributed by atoms with E-state index in [0.717, 1.165) is 11.1 Å². The summed E-state index contributed by atoms with van der Waals surface area (Å²) in [5.74, 6) is 0.280. The van der Waals surface area contributed by atoms with Crippen molar-refractivity contribution >= 4 is 11.6 Å². The van der Waals surface area contributed by atoms with Crippen LogP contribution in [0.3, 0.4) is 0 Å². The van der Waals surface area contributed by atoms with Crippen molar-refractivity contribution < 1.29 is 9.59 Å². The molecule has 2 nitrogen and oxygen atoms in total. The molecule has 0 amide bonds. The normalized spacial score (nSPS) is 32.8. The molecule has 0 radical (unpaired) electrons. The molecule has 2 unspecified atom stereocenters. The number of ketones is 2. The molecule has 2 heteroatoms. The van der Waals surface area contributed by atoms with Crippen molar-refractivity contribution in [1.29, 1.82) is 0 Å². The van der Waals surface area contributed by atoms with Gasteiger partial charge in [0.1, 0.15) is 0 Å². The summed E-state index contributed by atoms with van der Waals surface area (Å²) in [6.07, 6.45) is 3.96. The minimum Gasteiger partial charge on any atom is -0.294 e. The maximum Gasteiger partial charge on any atom is 0.162 e. The zero-order valence-electron chi connectivity index (χ0n) is 7.83. The van der Waals surface area contributed by atoms with Crippen molar-refractivity contribution in [2.24, 2.45) is 11.8 Å². The highest BCUT2D eigenvalue weighted by molar-refractivity contribution is 6.04. The van der Waals surface area contributed by atoms with Crippen LogP contribution in [0.1, 0.15) is 20.3 Å². The Morgan fingerprint density at radius 1 is 1.00 bits per heavy atom. The van der Waals surface area contributed by atoms with Crippen LogP contribution in [-0.4, -0.2) is 11.6 Å². The predicted octanol–water partition coefficient (Wildman–Crippen LogP) is 1.67. The number of allylic oxidation sites excluding steroid dienone is 4. The first kappa shape index (κ1) is 8.42. The maximum atomic E-state index is 11.5. The molecule has 2 atom stereocenters. The highest BCUT2D eigenvalue weighted by atomic mass is 16.1. The number of carbonyl (C=O) groups excluding carboxylic acids is 2. The fourth-order valence-corrected chi connectivity index (χ4v) is 2.14. The lowest BCUT2D eigenvalue weighted by atomic mass is 9.72. The van der Waals surface area contributed by atoms with Crippen LogP contribution >= 0.6 is 0 Å². The Kier molecular flexibility index (Phi) is 1.72. The zero-order valence-corrected chi connectivity index (χ0v) is 7.83. The van der Waals surface area contributed by atoms with Crippen molar-refractivity contribution in [2.45, 2.75) is 20.3 Å². The third-order valence-corrected chi connectivity index (χ3v) is 3.00. The van der Waals surface area contributed by atoms with E-state index in [0.29, 0.717) is 6.42 Å². The minimum absolute atomic E-state index is 0.0219. The molecule has 0 spiro atoms. The summed E-state index contributed by atoms with van der Waals surface area (Å²) in [6, 6.07) is 0. The summed E-state index contributed by atoms with van der Waals surface area (Å²) in [6.45, 7) is 3.73. The Morgan fingerprint density at radius 3 is 1.77 bits per heavy atom. The quantitative estimate of drug-likeness (QED) is 0.562. The van der Waals surface area contributed by atoms with Crippen LogP contribution < -0.4 is 0 Å². The molecule has 0 aromatic rings. The molecule has 0 aromatic heterocycles. The van der Waals surface area contributed by atoms with Gasteiger partial charge in [-0.15, -0.1) is 0 Å². The van der Waals surface area contributed by atoms with Crippen molar-refractivity contribution in [3.8, 4) is 0 Å². The molecular formula is C11H12O2. The van der Waals surface area contributed by atoms with Gasteiger partial charge in [0.2, 0.25) is 0 Å². The molecule has 0 saturated heterocycles. The van der Waals surface area contributed by atoms with E-state index in [9.17, 15) is 9.59 Å². The second-order valence-electron chi connectivity index (χ2n) is 3.92. The van der Waals surface area contributed by atoms with E-state index in [1.807, 2.05) is 13.8 Å². The third-order valence-electron chi connectivity index (χ3n) is 3.00. The molecule has 2 aliphatic rings. The van der Waals surface area contributed by atoms with Gasteiger partial charge in [0.05, 0.1) is 0 Å². The number of fused-ring (bicyclic) bond motifs is 2. The van der Waals surface area contributed by atoms with Gasteiger partial charge in [0.25, 0.3) is 0 Å². The van der Waals surface area contributed by atoms with Crippen LogP contribution in [0.4, 0.5) is 0 Å². The van der Waals surface area contributed by atoms with E-state index in [-0.39, 0.29) is 23.4 Å². The van der Waals surface area contributed by atoms with Gasteiger partial charge in [-0.25, -0.2) is 0 Å². The average molecular weight is 176 g/mol. The molecule has 0 fully saturated rings. The van der Waals surface area contributed by atoms with Crippen LogP contribution in [0.15, 0.2) is 23.3 Å². The first-order valence-electron chi connectivity index (χ1n) is 4.53. The summed E-state index contributed by atoms with van der Waals surface area (Å²) in [5, 5.41) is 0. The second kappa shape index (κ2) is 2.66. The number of rotatable bonds is 0. The summed E-state index contributed by atoms with van der Waals surface area (Å²) in [4.78, 5) is 23.0. The van der Waals surface area contributed by atoms with Gasteiger partial charge in [0, 0.05) is 11.8 Å². The van der Waals surface area contributed by atoms with Gasteiger partial charge in [-0.1, -0.05) is 11.1 Å². The SMILES string of the molecule is CC1=CC(=O)C2CC1C(=O)C=C2C. The fourth-order valence-electron chi connectivity index (χ4n) is 2.14. The van der Waals surface area contributed by atoms with Gasteiger partial charge >= 0.3 is 0 Å². The Hall–Kier alpha value is -1.18. The fraction of sp³-hybridized carbons (Fsp3) is 0.455. The van der Waals surface area contributed by atoms with Crippen LogP contribution in [0.25, 0.3) is 0 Å². The van der Waals surface area contributed by atoms with Crippen LogP contribution in [0.2, 0.25) is 0 Å². The summed E-state index contributed by atoms with van der Waals surface area (Å²) < 4.78 is 0. The second-order valence-corrected chi connectivity index (χ2v) is 3.92. The van der Waals surface area contributed by atoms with Crippen LogP contribution in [-0.2, 0) is 9.59 Å². The molecule has 0 saturated carbocycles. The molecule has 0 aromatic carbocycles. The smallest absolute Gasteiger partial charge is 0.162 e. The van der Waals surface area contributed by atoms with E-state index in [1.54, 1.807) is 12.2 Å². The Labute approximate surface area is 77.3 Å². The van der Waals surface area contributed by atoms with Crippen molar-refractivity contribution in [3.05, 3.63) is 23.3 Å². The topological polar surface area (TPSA) is 34.1 Å². The van der Waals surface area contributed by atoms with Gasteiger partial charge in [-0.2, -0.15) is 0 Å². The molecule has 0 aliphatic heterocycles. The summed E-state index contributed by atoms with van der Waals surface area (Å²) in [5.41, 5.74) is 1.85. The van der Waals surface area contributed by atoms with Gasteiger partial charge in [-0.05, 0) is 32.4 Å². The first-order valence-corrected chi connectivity index (χ1v) is 4.53. The summed E-state index contributed by atoms with van der Waals surface area (Å²) in [7, 11) is 0. The maximum absolute atomic E-state index is 11.5. The molecule has 2 bridgehead atoms. The molecule has 13 heavy (non-hydrogen) atoms. The summed E-state index contributed by atoms with van der Waals surface area (Å²) >= 11 is 0. The van der Waals surface area contributed by atoms with Gasteiger partial charge in [0.15, 0.2) is 11.6 Å². The minimum atomic E-state index is -0.0219. The number of hydrogen-bond donors (Lipinski definition) is 0. The largest absolute Gasteiger partial charge is 0.294 e. The Bertz CT molecular complexity index is 313. The lowest BCUT2D eigenvalue weighted by molar-refractivity contribution is -0.122. The van der Waals surface area contributed by atoms with Gasteiger partial charge in [-0.3, -0.25) is 9.59 Å². The number of hydrogen-bond acceptors (Lipinski definition) is 2. The first-order chi connectivity index (χ1) is 6.09. The highest BCUT2D eigenvalue weighted by Gasteiger charge is 2.35. The molecular weight excluding hydrogens is 164 g/mol. The van der Waals surface area contributed by atoms with Crippen molar-refractivity contribution in [1.82, 2.24) is 0 Å².